The van der Waals surface area contributed by atoms with E-state index in [2.05, 4.69) is 31.3 Å². The van der Waals surface area contributed by atoms with Gasteiger partial charge in [-0.2, -0.15) is 0 Å². The van der Waals surface area contributed by atoms with Crippen LogP contribution in [-0.2, 0) is 16.1 Å². The average molecular weight is 319 g/mol. The minimum atomic E-state index is -0.471. The molecule has 128 valence electrons. The van der Waals surface area contributed by atoms with Gasteiger partial charge in [0.2, 0.25) is 0 Å². The average Bonchev–Trinajstić information content (AvgIpc) is 2.34. The van der Waals surface area contributed by atoms with Crippen molar-refractivity contribution in [2.45, 2.75) is 71.3 Å². The number of hydrogen-bond acceptors (Lipinski definition) is 3. The topological polar surface area (TPSA) is 47.6 Å². The van der Waals surface area contributed by atoms with Gasteiger partial charge < -0.3 is 14.8 Å². The highest BCUT2D eigenvalue weighted by molar-refractivity contribution is 5.68. The van der Waals surface area contributed by atoms with Gasteiger partial charge in [0.1, 0.15) is 5.60 Å². The Labute approximate surface area is 139 Å². The van der Waals surface area contributed by atoms with Crippen LogP contribution in [0.25, 0.3) is 0 Å². The van der Waals surface area contributed by atoms with Gasteiger partial charge in [0.05, 0.1) is 12.7 Å². The summed E-state index contributed by atoms with van der Waals surface area (Å²) in [6, 6.07) is 10.2. The monoisotopic (exact) mass is 319 g/mol. The summed E-state index contributed by atoms with van der Waals surface area (Å²) in [5, 5.41) is 2.99. The Morgan fingerprint density at radius 2 is 1.74 bits per heavy atom. The highest BCUT2D eigenvalue weighted by Crippen LogP contribution is 2.38. The molecular weight excluding hydrogens is 290 g/mol. The number of hydrogen-bond donors (Lipinski definition) is 1. The molecule has 0 heterocycles. The molecule has 1 aromatic rings. The van der Waals surface area contributed by atoms with Gasteiger partial charge in [0.15, 0.2) is 0 Å². The van der Waals surface area contributed by atoms with Crippen molar-refractivity contribution in [2.24, 2.45) is 5.92 Å². The van der Waals surface area contributed by atoms with Crippen LogP contribution in [0.15, 0.2) is 30.3 Å². The number of benzene rings is 1. The lowest BCUT2D eigenvalue weighted by molar-refractivity contribution is -0.0630. The molecule has 1 aromatic carbocycles. The molecule has 0 atom stereocenters. The predicted molar refractivity (Wildman–Crippen MR) is 91.2 cm³/mol. The van der Waals surface area contributed by atoms with E-state index in [1.807, 2.05) is 39.0 Å². The van der Waals surface area contributed by atoms with E-state index in [1.54, 1.807) is 0 Å². The van der Waals surface area contributed by atoms with E-state index >= 15 is 0 Å². The van der Waals surface area contributed by atoms with E-state index in [1.165, 1.54) is 5.56 Å². The number of ether oxygens (including phenoxy) is 2. The Hall–Kier alpha value is -1.55. The quantitative estimate of drug-likeness (QED) is 0.881. The minimum Gasteiger partial charge on any atom is -0.444 e. The Kier molecular flexibility index (Phi) is 5.35. The van der Waals surface area contributed by atoms with Crippen molar-refractivity contribution < 1.29 is 14.3 Å². The summed E-state index contributed by atoms with van der Waals surface area (Å²) in [6.45, 7) is 10.4. The molecule has 1 N–H and O–H groups in total. The zero-order chi connectivity index (χ0) is 17.1. The Morgan fingerprint density at radius 3 is 2.30 bits per heavy atom. The zero-order valence-electron chi connectivity index (χ0n) is 14.9. The summed E-state index contributed by atoms with van der Waals surface area (Å²) in [5.74, 6) is 0.413. The third-order valence-electron chi connectivity index (χ3n) is 4.27. The van der Waals surface area contributed by atoms with Crippen LogP contribution in [0.2, 0.25) is 0 Å². The van der Waals surface area contributed by atoms with Crippen molar-refractivity contribution in [3.05, 3.63) is 35.9 Å². The number of alkyl carbamates (subject to hydrolysis) is 1. The summed E-state index contributed by atoms with van der Waals surface area (Å²) in [4.78, 5) is 11.9. The Bertz CT molecular complexity index is 513. The van der Waals surface area contributed by atoms with Gasteiger partial charge in [-0.05, 0) is 58.9 Å². The predicted octanol–water partition coefficient (Wildman–Crippen LogP) is 4.29. The van der Waals surface area contributed by atoms with E-state index in [9.17, 15) is 4.79 Å². The summed E-state index contributed by atoms with van der Waals surface area (Å²) < 4.78 is 11.3. The van der Waals surface area contributed by atoms with Crippen LogP contribution in [-0.4, -0.2) is 23.3 Å². The highest BCUT2D eigenvalue weighted by atomic mass is 16.6. The minimum absolute atomic E-state index is 0.278. The maximum Gasteiger partial charge on any atom is 0.408 e. The number of amides is 1. The van der Waals surface area contributed by atoms with Crippen LogP contribution in [0.3, 0.4) is 0 Å². The molecule has 4 nitrogen and oxygen atoms in total. The van der Waals surface area contributed by atoms with Crippen LogP contribution in [0.5, 0.6) is 0 Å². The smallest absolute Gasteiger partial charge is 0.408 e. The third-order valence-corrected chi connectivity index (χ3v) is 4.27. The summed E-state index contributed by atoms with van der Waals surface area (Å²) in [7, 11) is 0. The van der Waals surface area contributed by atoms with Crippen molar-refractivity contribution in [1.82, 2.24) is 5.32 Å². The first-order valence-corrected chi connectivity index (χ1v) is 8.32. The van der Waals surface area contributed by atoms with Crippen LogP contribution in [0.4, 0.5) is 4.79 Å². The van der Waals surface area contributed by atoms with E-state index in [4.69, 9.17) is 9.47 Å². The van der Waals surface area contributed by atoms with Crippen molar-refractivity contribution in [1.29, 1.82) is 0 Å². The number of carbonyl (C=O) groups is 1. The number of rotatable bonds is 5. The highest BCUT2D eigenvalue weighted by Gasteiger charge is 2.42. The van der Waals surface area contributed by atoms with Gasteiger partial charge >= 0.3 is 6.09 Å². The van der Waals surface area contributed by atoms with Crippen LogP contribution >= 0.6 is 0 Å². The lowest BCUT2D eigenvalue weighted by Crippen LogP contribution is -2.55. The van der Waals surface area contributed by atoms with E-state index < -0.39 is 5.60 Å². The SMILES string of the molecule is CC(C)(C)OC(=O)NC(C)(C)C1CC(OCc2ccccc2)C1. The molecule has 1 amide bonds. The summed E-state index contributed by atoms with van der Waals surface area (Å²) >= 11 is 0. The zero-order valence-corrected chi connectivity index (χ0v) is 14.9. The maximum atomic E-state index is 11.9. The molecular formula is C19H29NO3. The lowest BCUT2D eigenvalue weighted by atomic mass is 9.70. The molecule has 1 aliphatic rings. The molecule has 23 heavy (non-hydrogen) atoms. The Balaban J connectivity index is 1.73. The first-order chi connectivity index (χ1) is 10.7. The third kappa shape index (κ3) is 5.54. The van der Waals surface area contributed by atoms with Crippen molar-refractivity contribution in [3.8, 4) is 0 Å². The van der Waals surface area contributed by atoms with E-state index in [0.29, 0.717) is 12.5 Å². The second-order valence-electron chi connectivity index (χ2n) is 7.94. The van der Waals surface area contributed by atoms with Gasteiger partial charge in [-0.3, -0.25) is 0 Å². The molecule has 0 aromatic heterocycles. The standard InChI is InChI=1S/C19H29NO3/c1-18(2,3)23-17(21)20-19(4,5)15-11-16(12-15)22-13-14-9-7-6-8-10-14/h6-10,15-16H,11-13H2,1-5H3,(H,20,21). The molecule has 0 unspecified atom stereocenters. The van der Waals surface area contributed by atoms with Gasteiger partial charge in [-0.1, -0.05) is 30.3 Å². The van der Waals surface area contributed by atoms with Gasteiger partial charge in [-0.15, -0.1) is 0 Å². The Morgan fingerprint density at radius 1 is 1.13 bits per heavy atom. The molecule has 1 fully saturated rings. The van der Waals surface area contributed by atoms with Gasteiger partial charge in [0.25, 0.3) is 0 Å². The van der Waals surface area contributed by atoms with Crippen LogP contribution in [0.1, 0.15) is 53.0 Å². The molecule has 0 bridgehead atoms. The number of carbonyl (C=O) groups excluding carboxylic acids is 1. The van der Waals surface area contributed by atoms with E-state index in [-0.39, 0.29) is 17.7 Å². The van der Waals surface area contributed by atoms with Crippen molar-refractivity contribution in [3.63, 3.8) is 0 Å². The molecule has 1 saturated carbocycles. The normalized spacial score (nSPS) is 21.4. The molecule has 0 saturated heterocycles. The number of nitrogens with one attached hydrogen (secondary N) is 1. The van der Waals surface area contributed by atoms with Crippen LogP contribution in [0, 0.1) is 5.92 Å². The summed E-state index contributed by atoms with van der Waals surface area (Å²) in [5.41, 5.74) is 0.442. The van der Waals surface area contributed by atoms with Gasteiger partial charge in [-0.25, -0.2) is 4.79 Å². The van der Waals surface area contributed by atoms with Crippen LogP contribution < -0.4 is 5.32 Å². The molecule has 2 rings (SSSR count). The second kappa shape index (κ2) is 6.91. The molecule has 0 aliphatic heterocycles. The lowest BCUT2D eigenvalue weighted by Gasteiger charge is -2.45. The fraction of sp³-hybridized carbons (Fsp3) is 0.632. The maximum absolute atomic E-state index is 11.9. The van der Waals surface area contributed by atoms with Gasteiger partial charge in [0, 0.05) is 5.54 Å². The fourth-order valence-electron chi connectivity index (χ4n) is 2.75. The second-order valence-corrected chi connectivity index (χ2v) is 7.94. The first kappa shape index (κ1) is 17.8. The molecule has 0 radical (unpaired) electrons. The summed E-state index contributed by atoms with van der Waals surface area (Å²) in [6.07, 6.45) is 1.86. The van der Waals surface area contributed by atoms with E-state index in [0.717, 1.165) is 12.8 Å². The molecule has 4 heteroatoms. The largest absolute Gasteiger partial charge is 0.444 e. The first-order valence-electron chi connectivity index (χ1n) is 8.32. The van der Waals surface area contributed by atoms with Crippen molar-refractivity contribution in [2.75, 3.05) is 0 Å². The fourth-order valence-corrected chi connectivity index (χ4v) is 2.75. The van der Waals surface area contributed by atoms with Crippen molar-refractivity contribution >= 4 is 6.09 Å². The molecule has 0 spiro atoms. The molecule has 1 aliphatic carbocycles.